The summed E-state index contributed by atoms with van der Waals surface area (Å²) in [6.45, 7) is 3.40. The van der Waals surface area contributed by atoms with Crippen molar-refractivity contribution in [2.45, 2.75) is 13.5 Å². The number of ether oxygens (including phenoxy) is 2. The molecule has 6 nitrogen and oxygen atoms in total. The number of rotatable bonds is 4. The molecule has 1 aromatic heterocycles. The van der Waals surface area contributed by atoms with Crippen LogP contribution in [-0.4, -0.2) is 33.9 Å². The number of para-hydroxylation sites is 1. The Morgan fingerprint density at radius 1 is 0.917 bits per heavy atom. The van der Waals surface area contributed by atoms with Crippen LogP contribution < -0.4 is 9.47 Å². The molecule has 0 bridgehead atoms. The van der Waals surface area contributed by atoms with Crippen LogP contribution in [0.25, 0.3) is 22.2 Å². The van der Waals surface area contributed by atoms with Crippen molar-refractivity contribution in [2.75, 3.05) is 13.2 Å². The van der Waals surface area contributed by atoms with Gasteiger partial charge in [-0.1, -0.05) is 30.3 Å². The third-order valence-electron chi connectivity index (χ3n) is 6.34. The van der Waals surface area contributed by atoms with Gasteiger partial charge in [0.15, 0.2) is 0 Å². The number of carbonyl (C=O) groups excluding carboxylic acids is 1. The summed E-state index contributed by atoms with van der Waals surface area (Å²) in [6, 6.07) is 29.2. The average molecular weight is 476 g/mol. The van der Waals surface area contributed by atoms with Gasteiger partial charge in [0.2, 0.25) is 0 Å². The predicted molar refractivity (Wildman–Crippen MR) is 139 cm³/mol. The molecule has 0 atom stereocenters. The van der Waals surface area contributed by atoms with E-state index in [-0.39, 0.29) is 5.91 Å². The molecule has 5 aromatic rings. The Balaban J connectivity index is 1.22. The highest BCUT2D eigenvalue weighted by molar-refractivity contribution is 5.94. The molecule has 36 heavy (non-hydrogen) atoms. The molecule has 0 fully saturated rings. The smallest absolute Gasteiger partial charge is 0.254 e. The van der Waals surface area contributed by atoms with Crippen LogP contribution in [0.5, 0.6) is 17.2 Å². The first-order valence-electron chi connectivity index (χ1n) is 12.0. The molecule has 0 spiro atoms. The summed E-state index contributed by atoms with van der Waals surface area (Å²) in [5.41, 5.74) is 5.73. The molecule has 0 saturated heterocycles. The maximum atomic E-state index is 13.4. The average Bonchev–Trinajstić information content (AvgIpc) is 3.15. The number of carbonyl (C=O) groups is 1. The van der Waals surface area contributed by atoms with Gasteiger partial charge in [-0.3, -0.25) is 4.79 Å². The van der Waals surface area contributed by atoms with Crippen molar-refractivity contribution in [1.29, 1.82) is 0 Å². The van der Waals surface area contributed by atoms with Crippen LogP contribution in [0, 0.1) is 6.92 Å². The first-order chi connectivity index (χ1) is 17.6. The quantitative estimate of drug-likeness (QED) is 0.328. The van der Waals surface area contributed by atoms with Gasteiger partial charge in [-0.05, 0) is 78.7 Å². The van der Waals surface area contributed by atoms with Gasteiger partial charge in [0.1, 0.15) is 29.7 Å². The minimum atomic E-state index is -0.0301. The molecule has 1 aliphatic heterocycles. The largest absolute Gasteiger partial charge is 0.491 e. The zero-order chi connectivity index (χ0) is 24.5. The van der Waals surface area contributed by atoms with E-state index in [1.54, 1.807) is 0 Å². The number of imidazole rings is 1. The van der Waals surface area contributed by atoms with E-state index in [0.717, 1.165) is 45.0 Å². The number of fused-ring (bicyclic) bond motifs is 2. The minimum absolute atomic E-state index is 0.0301. The van der Waals surface area contributed by atoms with Crippen LogP contribution in [0.3, 0.4) is 0 Å². The molecule has 4 aromatic carbocycles. The number of H-pyrrole nitrogens is 1. The van der Waals surface area contributed by atoms with Crippen molar-refractivity contribution in [3.05, 3.63) is 108 Å². The number of aromatic amines is 1. The van der Waals surface area contributed by atoms with Crippen molar-refractivity contribution in [3.63, 3.8) is 0 Å². The Kier molecular flexibility index (Phi) is 5.62. The van der Waals surface area contributed by atoms with Crippen molar-refractivity contribution in [1.82, 2.24) is 14.9 Å². The molecule has 1 amide bonds. The van der Waals surface area contributed by atoms with Crippen molar-refractivity contribution in [2.24, 2.45) is 0 Å². The second kappa shape index (κ2) is 9.23. The highest BCUT2D eigenvalue weighted by Gasteiger charge is 2.22. The second-order valence-corrected chi connectivity index (χ2v) is 8.89. The normalized spacial score (nSPS) is 13.1. The number of hydrogen-bond acceptors (Lipinski definition) is 4. The standard InChI is InChI=1S/C30H25N3O3/c1-20-31-27-13-9-23(18-28(27)32-20)22-10-14-29-24(17-22)19-33(15-16-35-29)30(34)21-7-11-26(12-8-21)36-25-5-3-2-4-6-25/h2-14,17-18H,15-16,19H2,1H3,(H,31,32). The Morgan fingerprint density at radius 3 is 2.50 bits per heavy atom. The van der Waals surface area contributed by atoms with E-state index in [2.05, 4.69) is 34.2 Å². The van der Waals surface area contributed by atoms with Crippen LogP contribution in [0.15, 0.2) is 91.0 Å². The third kappa shape index (κ3) is 4.41. The molecule has 0 radical (unpaired) electrons. The third-order valence-corrected chi connectivity index (χ3v) is 6.34. The Hall–Kier alpha value is -4.58. The van der Waals surface area contributed by atoms with Crippen LogP contribution in [0.1, 0.15) is 21.7 Å². The molecule has 0 aliphatic carbocycles. The molecule has 178 valence electrons. The van der Waals surface area contributed by atoms with Crippen LogP contribution in [-0.2, 0) is 6.54 Å². The topological polar surface area (TPSA) is 67.5 Å². The van der Waals surface area contributed by atoms with E-state index in [0.29, 0.717) is 31.0 Å². The maximum absolute atomic E-state index is 13.4. The first-order valence-corrected chi connectivity index (χ1v) is 12.0. The van der Waals surface area contributed by atoms with E-state index >= 15 is 0 Å². The SMILES string of the molecule is Cc1nc2ccc(-c3ccc4c(c3)CN(C(=O)c3ccc(Oc5ccccc5)cc3)CCO4)cc2[nH]1. The number of hydrogen-bond donors (Lipinski definition) is 1. The molecular weight excluding hydrogens is 450 g/mol. The number of nitrogens with zero attached hydrogens (tertiary/aromatic N) is 2. The first kappa shape index (κ1) is 21.9. The monoisotopic (exact) mass is 475 g/mol. The number of amides is 1. The fourth-order valence-electron chi connectivity index (χ4n) is 4.54. The van der Waals surface area contributed by atoms with Crippen molar-refractivity contribution >= 4 is 16.9 Å². The van der Waals surface area contributed by atoms with Gasteiger partial charge in [0.25, 0.3) is 5.91 Å². The molecule has 2 heterocycles. The van der Waals surface area contributed by atoms with E-state index in [4.69, 9.17) is 9.47 Å². The summed E-state index contributed by atoms with van der Waals surface area (Å²) in [7, 11) is 0. The van der Waals surface area contributed by atoms with Crippen molar-refractivity contribution < 1.29 is 14.3 Å². The molecule has 6 heteroatoms. The Labute approximate surface area is 209 Å². The predicted octanol–water partition coefficient (Wildman–Crippen LogP) is 6.37. The zero-order valence-corrected chi connectivity index (χ0v) is 19.9. The van der Waals surface area contributed by atoms with Gasteiger partial charge in [0, 0.05) is 17.7 Å². The fraction of sp³-hybridized carbons (Fsp3) is 0.133. The number of aromatic nitrogens is 2. The lowest BCUT2D eigenvalue weighted by atomic mass is 10.0. The lowest BCUT2D eigenvalue weighted by Crippen LogP contribution is -2.32. The Morgan fingerprint density at radius 2 is 1.67 bits per heavy atom. The molecule has 0 saturated carbocycles. The molecular formula is C30H25N3O3. The van der Waals surface area contributed by atoms with Gasteiger partial charge >= 0.3 is 0 Å². The second-order valence-electron chi connectivity index (χ2n) is 8.89. The van der Waals surface area contributed by atoms with Gasteiger partial charge in [0.05, 0.1) is 17.6 Å². The summed E-state index contributed by atoms with van der Waals surface area (Å²) in [6.07, 6.45) is 0. The van der Waals surface area contributed by atoms with E-state index < -0.39 is 0 Å². The van der Waals surface area contributed by atoms with Crippen molar-refractivity contribution in [3.8, 4) is 28.4 Å². The highest BCUT2D eigenvalue weighted by atomic mass is 16.5. The lowest BCUT2D eigenvalue weighted by molar-refractivity contribution is 0.0733. The van der Waals surface area contributed by atoms with Gasteiger partial charge < -0.3 is 19.4 Å². The fourth-order valence-corrected chi connectivity index (χ4v) is 4.54. The van der Waals surface area contributed by atoms with Crippen LogP contribution >= 0.6 is 0 Å². The van der Waals surface area contributed by atoms with Gasteiger partial charge in [-0.25, -0.2) is 4.98 Å². The number of benzene rings is 4. The highest BCUT2D eigenvalue weighted by Crippen LogP contribution is 2.31. The van der Waals surface area contributed by atoms with Crippen LogP contribution in [0.2, 0.25) is 0 Å². The minimum Gasteiger partial charge on any atom is -0.491 e. The Bertz CT molecular complexity index is 1540. The van der Waals surface area contributed by atoms with E-state index in [9.17, 15) is 4.79 Å². The zero-order valence-electron chi connectivity index (χ0n) is 19.9. The van der Waals surface area contributed by atoms with Crippen LogP contribution in [0.4, 0.5) is 0 Å². The number of nitrogens with one attached hydrogen (secondary N) is 1. The number of aryl methyl sites for hydroxylation is 1. The van der Waals surface area contributed by atoms with E-state index in [1.165, 1.54) is 0 Å². The van der Waals surface area contributed by atoms with Gasteiger partial charge in [-0.2, -0.15) is 0 Å². The lowest BCUT2D eigenvalue weighted by Gasteiger charge is -2.20. The molecule has 1 aliphatic rings. The molecule has 0 unspecified atom stereocenters. The summed E-state index contributed by atoms with van der Waals surface area (Å²) in [5, 5.41) is 0. The maximum Gasteiger partial charge on any atom is 0.254 e. The summed E-state index contributed by atoms with van der Waals surface area (Å²) in [5.74, 6) is 3.13. The molecule has 6 rings (SSSR count). The molecule has 1 N–H and O–H groups in total. The summed E-state index contributed by atoms with van der Waals surface area (Å²) >= 11 is 0. The summed E-state index contributed by atoms with van der Waals surface area (Å²) in [4.78, 5) is 23.0. The summed E-state index contributed by atoms with van der Waals surface area (Å²) < 4.78 is 11.8. The van der Waals surface area contributed by atoms with Gasteiger partial charge in [-0.15, -0.1) is 0 Å². The van der Waals surface area contributed by atoms with E-state index in [1.807, 2.05) is 78.6 Å².